The predicted octanol–water partition coefficient (Wildman–Crippen LogP) is 0.486. The van der Waals surface area contributed by atoms with Crippen molar-refractivity contribution in [2.75, 3.05) is 26.2 Å². The molecule has 0 unspecified atom stereocenters. The van der Waals surface area contributed by atoms with Crippen LogP contribution in [0.15, 0.2) is 24.3 Å². The van der Waals surface area contributed by atoms with Crippen LogP contribution in [-0.4, -0.2) is 55.1 Å². The molecule has 2 heterocycles. The number of ether oxygens (including phenoxy) is 1. The van der Waals surface area contributed by atoms with Crippen molar-refractivity contribution in [2.24, 2.45) is 0 Å². The molecule has 7 heteroatoms. The van der Waals surface area contributed by atoms with E-state index in [4.69, 9.17) is 4.74 Å². The summed E-state index contributed by atoms with van der Waals surface area (Å²) >= 11 is 0. The third-order valence-electron chi connectivity index (χ3n) is 4.50. The van der Waals surface area contributed by atoms with E-state index in [1.54, 1.807) is 4.90 Å². The molecule has 1 aromatic rings. The minimum Gasteiger partial charge on any atom is -0.375 e. The van der Waals surface area contributed by atoms with Crippen LogP contribution in [0.3, 0.4) is 0 Å². The summed E-state index contributed by atoms with van der Waals surface area (Å²) in [7, 11) is 0. The van der Waals surface area contributed by atoms with Gasteiger partial charge in [0, 0.05) is 19.6 Å². The average Bonchev–Trinajstić information content (AvgIpc) is 2.59. The van der Waals surface area contributed by atoms with Crippen LogP contribution in [0.25, 0.3) is 0 Å². The quantitative estimate of drug-likeness (QED) is 0.829. The fourth-order valence-corrected chi connectivity index (χ4v) is 3.12. The molecule has 0 saturated carbocycles. The SMILES string of the molecule is C[C@H]1OCCN[C@@H]1C(=O)NCC(=O)N1CCc2ccccc2C1.Cl. The first-order chi connectivity index (χ1) is 11.1. The molecule has 3 rings (SSSR count). The largest absolute Gasteiger partial charge is 0.375 e. The summed E-state index contributed by atoms with van der Waals surface area (Å²) < 4.78 is 5.46. The van der Waals surface area contributed by atoms with E-state index >= 15 is 0 Å². The number of benzene rings is 1. The Balaban J connectivity index is 0.00000208. The van der Waals surface area contributed by atoms with Crippen molar-refractivity contribution in [3.05, 3.63) is 35.4 Å². The molecule has 1 saturated heterocycles. The molecule has 0 spiro atoms. The van der Waals surface area contributed by atoms with E-state index in [2.05, 4.69) is 22.8 Å². The lowest BCUT2D eigenvalue weighted by molar-refractivity contribution is -0.136. The number of carbonyl (C=O) groups is 2. The van der Waals surface area contributed by atoms with Gasteiger partial charge in [0.15, 0.2) is 0 Å². The van der Waals surface area contributed by atoms with E-state index in [1.807, 2.05) is 19.1 Å². The van der Waals surface area contributed by atoms with Crippen LogP contribution in [0.5, 0.6) is 0 Å². The van der Waals surface area contributed by atoms with Gasteiger partial charge in [-0.15, -0.1) is 12.4 Å². The Labute approximate surface area is 148 Å². The van der Waals surface area contributed by atoms with Crippen molar-refractivity contribution in [3.8, 4) is 0 Å². The summed E-state index contributed by atoms with van der Waals surface area (Å²) in [4.78, 5) is 26.3. The van der Waals surface area contributed by atoms with Crippen molar-refractivity contribution >= 4 is 24.2 Å². The summed E-state index contributed by atoms with van der Waals surface area (Å²) in [5, 5.41) is 5.85. The summed E-state index contributed by atoms with van der Waals surface area (Å²) in [5.74, 6) is -0.222. The highest BCUT2D eigenvalue weighted by molar-refractivity contribution is 5.88. The second-order valence-corrected chi connectivity index (χ2v) is 6.06. The van der Waals surface area contributed by atoms with Crippen LogP contribution < -0.4 is 10.6 Å². The lowest BCUT2D eigenvalue weighted by atomic mass is 10.00. The molecule has 0 aliphatic carbocycles. The number of amides is 2. The average molecular weight is 354 g/mol. The molecule has 2 amide bonds. The Bertz CT molecular complexity index is 596. The van der Waals surface area contributed by atoms with Gasteiger partial charge in [-0.05, 0) is 24.5 Å². The van der Waals surface area contributed by atoms with E-state index in [9.17, 15) is 9.59 Å². The molecule has 1 aromatic carbocycles. The molecule has 0 bridgehead atoms. The van der Waals surface area contributed by atoms with Crippen LogP contribution in [0.2, 0.25) is 0 Å². The Morgan fingerprint density at radius 2 is 2.08 bits per heavy atom. The molecule has 2 aliphatic rings. The first-order valence-corrected chi connectivity index (χ1v) is 8.12. The van der Waals surface area contributed by atoms with Crippen LogP contribution >= 0.6 is 12.4 Å². The first kappa shape index (κ1) is 18.7. The summed E-state index contributed by atoms with van der Waals surface area (Å²) in [6, 6.07) is 7.79. The summed E-state index contributed by atoms with van der Waals surface area (Å²) in [6.07, 6.45) is 0.686. The van der Waals surface area contributed by atoms with Gasteiger partial charge in [-0.1, -0.05) is 24.3 Å². The van der Waals surface area contributed by atoms with Crippen molar-refractivity contribution in [1.29, 1.82) is 0 Å². The van der Waals surface area contributed by atoms with Crippen LogP contribution in [-0.2, 0) is 27.3 Å². The van der Waals surface area contributed by atoms with Gasteiger partial charge in [-0.3, -0.25) is 9.59 Å². The van der Waals surface area contributed by atoms with Crippen LogP contribution in [0.4, 0.5) is 0 Å². The lowest BCUT2D eigenvalue weighted by Gasteiger charge is -2.31. The predicted molar refractivity (Wildman–Crippen MR) is 93.0 cm³/mol. The molecule has 2 aliphatic heterocycles. The van der Waals surface area contributed by atoms with Crippen molar-refractivity contribution in [3.63, 3.8) is 0 Å². The van der Waals surface area contributed by atoms with Crippen molar-refractivity contribution in [1.82, 2.24) is 15.5 Å². The van der Waals surface area contributed by atoms with Crippen molar-refractivity contribution < 1.29 is 14.3 Å². The fourth-order valence-electron chi connectivity index (χ4n) is 3.12. The molecule has 1 fully saturated rings. The van der Waals surface area contributed by atoms with Crippen LogP contribution in [0, 0.1) is 0 Å². The van der Waals surface area contributed by atoms with E-state index in [1.165, 1.54) is 11.1 Å². The van der Waals surface area contributed by atoms with E-state index < -0.39 is 6.04 Å². The third-order valence-corrected chi connectivity index (χ3v) is 4.50. The maximum Gasteiger partial charge on any atom is 0.242 e. The standard InChI is InChI=1S/C17H23N3O3.ClH/c1-12-16(18-7-9-23-12)17(22)19-10-15(21)20-8-6-13-4-2-3-5-14(13)11-20;/h2-5,12,16,18H,6-11H2,1H3,(H,19,22);1H/t12-,16+;/m1./s1. The third kappa shape index (κ3) is 4.26. The fraction of sp³-hybridized carbons (Fsp3) is 0.529. The number of morpholine rings is 1. The highest BCUT2D eigenvalue weighted by Crippen LogP contribution is 2.18. The van der Waals surface area contributed by atoms with Crippen LogP contribution in [0.1, 0.15) is 18.1 Å². The Morgan fingerprint density at radius 3 is 2.83 bits per heavy atom. The zero-order valence-corrected chi connectivity index (χ0v) is 14.6. The zero-order valence-electron chi connectivity index (χ0n) is 13.8. The minimum absolute atomic E-state index is 0. The monoisotopic (exact) mass is 353 g/mol. The summed E-state index contributed by atoms with van der Waals surface area (Å²) in [6.45, 7) is 4.47. The van der Waals surface area contributed by atoms with E-state index in [0.29, 0.717) is 26.2 Å². The molecule has 2 atom stereocenters. The van der Waals surface area contributed by atoms with E-state index in [-0.39, 0.29) is 36.9 Å². The normalized spacial score (nSPS) is 23.0. The second-order valence-electron chi connectivity index (χ2n) is 6.06. The van der Waals surface area contributed by atoms with Crippen molar-refractivity contribution in [2.45, 2.75) is 32.0 Å². The number of nitrogens with one attached hydrogen (secondary N) is 2. The van der Waals surface area contributed by atoms with Gasteiger partial charge in [0.05, 0.1) is 19.3 Å². The molecule has 24 heavy (non-hydrogen) atoms. The van der Waals surface area contributed by atoms with Gasteiger partial charge >= 0.3 is 0 Å². The number of nitrogens with zero attached hydrogens (tertiary/aromatic N) is 1. The second kappa shape index (κ2) is 8.46. The number of rotatable bonds is 3. The molecular weight excluding hydrogens is 330 g/mol. The number of hydrogen-bond acceptors (Lipinski definition) is 4. The molecule has 2 N–H and O–H groups in total. The Kier molecular flexibility index (Phi) is 6.60. The lowest BCUT2D eigenvalue weighted by Crippen LogP contribution is -2.56. The Morgan fingerprint density at radius 1 is 1.33 bits per heavy atom. The minimum atomic E-state index is -0.390. The van der Waals surface area contributed by atoms with Gasteiger partial charge in [0.2, 0.25) is 11.8 Å². The zero-order chi connectivity index (χ0) is 16.2. The maximum atomic E-state index is 12.3. The topological polar surface area (TPSA) is 70.7 Å². The van der Waals surface area contributed by atoms with Gasteiger partial charge in [-0.2, -0.15) is 0 Å². The van der Waals surface area contributed by atoms with E-state index in [0.717, 1.165) is 6.42 Å². The molecule has 132 valence electrons. The molecule has 0 aromatic heterocycles. The van der Waals surface area contributed by atoms with Gasteiger partial charge < -0.3 is 20.3 Å². The highest BCUT2D eigenvalue weighted by Gasteiger charge is 2.29. The molecule has 0 radical (unpaired) electrons. The molecule has 6 nitrogen and oxygen atoms in total. The number of hydrogen-bond donors (Lipinski definition) is 2. The Hall–Kier alpha value is -1.63. The summed E-state index contributed by atoms with van der Waals surface area (Å²) in [5.41, 5.74) is 2.49. The van der Waals surface area contributed by atoms with Gasteiger partial charge in [0.1, 0.15) is 6.04 Å². The first-order valence-electron chi connectivity index (χ1n) is 8.12. The smallest absolute Gasteiger partial charge is 0.242 e. The number of halogens is 1. The highest BCUT2D eigenvalue weighted by atomic mass is 35.5. The number of fused-ring (bicyclic) bond motifs is 1. The maximum absolute atomic E-state index is 12.3. The molecular formula is C17H24ClN3O3. The number of carbonyl (C=O) groups excluding carboxylic acids is 2. The van der Waals surface area contributed by atoms with Gasteiger partial charge in [0.25, 0.3) is 0 Å². The van der Waals surface area contributed by atoms with Gasteiger partial charge in [-0.25, -0.2) is 0 Å².